The molecule has 0 spiro atoms. The van der Waals surface area contributed by atoms with Crippen LogP contribution in [0.2, 0.25) is 0 Å². The molecule has 1 amide bonds. The lowest BCUT2D eigenvalue weighted by Gasteiger charge is -2.08. The molecule has 0 unspecified atom stereocenters. The molecule has 1 saturated carbocycles. The van der Waals surface area contributed by atoms with E-state index in [2.05, 4.69) is 45.6 Å². The van der Waals surface area contributed by atoms with Crippen molar-refractivity contribution in [2.45, 2.75) is 38.8 Å². The third-order valence-electron chi connectivity index (χ3n) is 5.89. The van der Waals surface area contributed by atoms with Gasteiger partial charge in [-0.2, -0.15) is 5.10 Å². The van der Waals surface area contributed by atoms with E-state index in [0.717, 1.165) is 34.7 Å². The van der Waals surface area contributed by atoms with Gasteiger partial charge in [-0.3, -0.25) is 9.48 Å². The lowest BCUT2D eigenvalue weighted by molar-refractivity contribution is 0.0816. The summed E-state index contributed by atoms with van der Waals surface area (Å²) in [6.45, 7) is 1.73. The molecule has 0 radical (unpaired) electrons. The molecule has 5 rings (SSSR count). The van der Waals surface area contributed by atoms with Crippen molar-refractivity contribution in [3.63, 3.8) is 0 Å². The maximum absolute atomic E-state index is 12.4. The molecule has 0 saturated heterocycles. The van der Waals surface area contributed by atoms with Crippen molar-refractivity contribution in [1.82, 2.24) is 14.7 Å². The van der Waals surface area contributed by atoms with Gasteiger partial charge in [-0.1, -0.05) is 25.0 Å². The van der Waals surface area contributed by atoms with Crippen molar-refractivity contribution in [2.75, 3.05) is 7.05 Å². The van der Waals surface area contributed by atoms with Gasteiger partial charge in [0.1, 0.15) is 0 Å². The number of hydrogen-bond donors (Lipinski definition) is 0. The van der Waals surface area contributed by atoms with Crippen LogP contribution < -0.4 is 0 Å². The summed E-state index contributed by atoms with van der Waals surface area (Å²) in [5.41, 5.74) is 5.44. The molecule has 138 valence electrons. The van der Waals surface area contributed by atoms with E-state index in [1.807, 2.05) is 13.2 Å². The Morgan fingerprint density at radius 2 is 2.00 bits per heavy atom. The monoisotopic (exact) mass is 377 g/mol. The summed E-state index contributed by atoms with van der Waals surface area (Å²) in [6, 6.07) is 8.46. The summed E-state index contributed by atoms with van der Waals surface area (Å²) in [4.78, 5) is 15.3. The lowest BCUT2D eigenvalue weighted by Crippen LogP contribution is -2.17. The van der Waals surface area contributed by atoms with Crippen LogP contribution in [0.5, 0.6) is 0 Å². The van der Waals surface area contributed by atoms with Gasteiger partial charge in [-0.15, -0.1) is 11.3 Å². The van der Waals surface area contributed by atoms with Crippen LogP contribution in [0.25, 0.3) is 21.6 Å². The number of amides is 1. The van der Waals surface area contributed by atoms with Gasteiger partial charge in [0.25, 0.3) is 5.91 Å². The number of nitrogens with zero attached hydrogens (tertiary/aromatic N) is 3. The van der Waals surface area contributed by atoms with Crippen LogP contribution in [0.3, 0.4) is 0 Å². The molecular formula is C22H23N3OS. The van der Waals surface area contributed by atoms with E-state index in [1.54, 1.807) is 16.2 Å². The highest BCUT2D eigenvalue weighted by Crippen LogP contribution is 2.38. The lowest BCUT2D eigenvalue weighted by atomic mass is 10.0. The fourth-order valence-corrected chi connectivity index (χ4v) is 5.32. The maximum Gasteiger partial charge on any atom is 0.254 e. The van der Waals surface area contributed by atoms with Crippen molar-refractivity contribution >= 4 is 17.2 Å². The van der Waals surface area contributed by atoms with Crippen LogP contribution in [0, 0.1) is 5.92 Å². The van der Waals surface area contributed by atoms with E-state index in [-0.39, 0.29) is 5.91 Å². The van der Waals surface area contributed by atoms with Crippen LogP contribution in [-0.2, 0) is 13.1 Å². The smallest absolute Gasteiger partial charge is 0.254 e. The number of rotatable bonds is 4. The Morgan fingerprint density at radius 3 is 2.85 bits per heavy atom. The second-order valence-electron chi connectivity index (χ2n) is 7.80. The van der Waals surface area contributed by atoms with Crippen molar-refractivity contribution in [2.24, 2.45) is 5.92 Å². The standard InChI is InChI=1S/C22H23N3OS/c1-24-13-17-7-6-16(10-20(17)22(24)26)21-19(8-9-27-21)18-11-23-25(14-18)12-15-4-2-3-5-15/h6-11,14-15H,2-5,12-13H2,1H3. The number of carbonyl (C=O) groups excluding carboxylic acids is 1. The predicted molar refractivity (Wildman–Crippen MR) is 109 cm³/mol. The fourth-order valence-electron chi connectivity index (χ4n) is 4.41. The van der Waals surface area contributed by atoms with Crippen LogP contribution in [0.15, 0.2) is 42.0 Å². The SMILES string of the molecule is CN1Cc2ccc(-c3sccc3-c3cnn(CC4CCCC4)c3)cc2C1=O. The van der Waals surface area contributed by atoms with Crippen molar-refractivity contribution < 1.29 is 4.79 Å². The van der Waals surface area contributed by atoms with Gasteiger partial charge in [0.2, 0.25) is 0 Å². The van der Waals surface area contributed by atoms with Crippen LogP contribution in [0.4, 0.5) is 0 Å². The van der Waals surface area contributed by atoms with E-state index >= 15 is 0 Å². The van der Waals surface area contributed by atoms with Crippen LogP contribution in [0.1, 0.15) is 41.6 Å². The van der Waals surface area contributed by atoms with Gasteiger partial charge in [-0.05, 0) is 47.4 Å². The van der Waals surface area contributed by atoms with E-state index < -0.39 is 0 Å². The molecule has 0 atom stereocenters. The summed E-state index contributed by atoms with van der Waals surface area (Å²) in [5.74, 6) is 0.897. The fraction of sp³-hybridized carbons (Fsp3) is 0.364. The summed E-state index contributed by atoms with van der Waals surface area (Å²) in [7, 11) is 1.86. The van der Waals surface area contributed by atoms with Crippen molar-refractivity contribution in [3.05, 3.63) is 53.2 Å². The molecule has 5 heteroatoms. The van der Waals surface area contributed by atoms with Crippen molar-refractivity contribution in [3.8, 4) is 21.6 Å². The number of thiophene rings is 1. The molecule has 3 aromatic rings. The molecule has 2 aliphatic rings. The molecule has 1 aromatic carbocycles. The Kier molecular flexibility index (Phi) is 4.12. The largest absolute Gasteiger partial charge is 0.337 e. The Morgan fingerprint density at radius 1 is 1.15 bits per heavy atom. The Labute approximate surface area is 163 Å². The van der Waals surface area contributed by atoms with Crippen molar-refractivity contribution in [1.29, 1.82) is 0 Å². The molecule has 4 nitrogen and oxygen atoms in total. The highest BCUT2D eigenvalue weighted by atomic mass is 32.1. The first-order chi connectivity index (χ1) is 13.2. The van der Waals surface area contributed by atoms with E-state index in [4.69, 9.17) is 0 Å². The van der Waals surface area contributed by atoms with E-state index in [1.165, 1.54) is 36.1 Å². The minimum Gasteiger partial charge on any atom is -0.337 e. The number of benzene rings is 1. The molecule has 0 N–H and O–H groups in total. The summed E-state index contributed by atoms with van der Waals surface area (Å²) in [6.07, 6.45) is 9.54. The van der Waals surface area contributed by atoms with Gasteiger partial charge in [0.05, 0.1) is 6.20 Å². The zero-order valence-corrected chi connectivity index (χ0v) is 16.3. The number of fused-ring (bicyclic) bond motifs is 1. The number of carbonyl (C=O) groups is 1. The highest BCUT2D eigenvalue weighted by molar-refractivity contribution is 7.14. The Hall–Kier alpha value is -2.40. The average molecular weight is 378 g/mol. The third kappa shape index (κ3) is 3.00. The topological polar surface area (TPSA) is 38.1 Å². The predicted octanol–water partition coefficient (Wildman–Crippen LogP) is 5.05. The van der Waals surface area contributed by atoms with E-state index in [0.29, 0.717) is 6.54 Å². The first kappa shape index (κ1) is 16.8. The Bertz CT molecular complexity index is 997. The molecule has 3 heterocycles. The van der Waals surface area contributed by atoms with Gasteiger partial charge < -0.3 is 4.90 Å². The molecule has 1 aliphatic heterocycles. The molecule has 2 aromatic heterocycles. The first-order valence-corrected chi connectivity index (χ1v) is 10.6. The minimum absolute atomic E-state index is 0.120. The maximum atomic E-state index is 12.4. The zero-order chi connectivity index (χ0) is 18.4. The molecule has 27 heavy (non-hydrogen) atoms. The van der Waals surface area contributed by atoms with Crippen LogP contribution in [-0.4, -0.2) is 27.6 Å². The van der Waals surface area contributed by atoms with Gasteiger partial charge in [0, 0.05) is 47.9 Å². The van der Waals surface area contributed by atoms with Gasteiger partial charge in [-0.25, -0.2) is 0 Å². The Balaban J connectivity index is 1.45. The summed E-state index contributed by atoms with van der Waals surface area (Å²) < 4.78 is 2.11. The van der Waals surface area contributed by atoms with Crippen LogP contribution >= 0.6 is 11.3 Å². The highest BCUT2D eigenvalue weighted by Gasteiger charge is 2.25. The average Bonchev–Trinajstić information content (AvgIpc) is 3.45. The first-order valence-electron chi connectivity index (χ1n) is 9.68. The quantitative estimate of drug-likeness (QED) is 0.638. The molecule has 0 bridgehead atoms. The van der Waals surface area contributed by atoms with E-state index in [9.17, 15) is 4.79 Å². The summed E-state index contributed by atoms with van der Waals surface area (Å²) in [5, 5.41) is 6.74. The normalized spacial score (nSPS) is 17.1. The molecular weight excluding hydrogens is 354 g/mol. The minimum atomic E-state index is 0.120. The third-order valence-corrected chi connectivity index (χ3v) is 6.85. The molecule has 1 aliphatic carbocycles. The number of hydrogen-bond acceptors (Lipinski definition) is 3. The molecule has 1 fully saturated rings. The van der Waals surface area contributed by atoms with Gasteiger partial charge in [0.15, 0.2) is 0 Å². The second-order valence-corrected chi connectivity index (χ2v) is 8.71. The van der Waals surface area contributed by atoms with Gasteiger partial charge >= 0.3 is 0 Å². The summed E-state index contributed by atoms with van der Waals surface area (Å²) >= 11 is 1.73. The second kappa shape index (κ2) is 6.64. The number of aromatic nitrogens is 2. The zero-order valence-electron chi connectivity index (χ0n) is 15.5.